The lowest BCUT2D eigenvalue weighted by Gasteiger charge is -2.08. The van der Waals surface area contributed by atoms with Crippen LogP contribution in [0.1, 0.15) is 5.56 Å². The largest absolute Gasteiger partial charge is 0.471 e. The first-order valence-corrected chi connectivity index (χ1v) is 4.46. The lowest BCUT2D eigenvalue weighted by atomic mass is 10.2. The smallest absolute Gasteiger partial charge is 0.344 e. The van der Waals surface area contributed by atoms with Crippen LogP contribution in [-0.4, -0.2) is 18.2 Å². The molecule has 0 aromatic heterocycles. The number of amides is 1. The third-order valence-electron chi connectivity index (χ3n) is 1.85. The molecule has 1 N–H and O–H groups in total. The van der Waals surface area contributed by atoms with E-state index in [0.29, 0.717) is 5.56 Å². The minimum absolute atomic E-state index is 0.171. The van der Waals surface area contributed by atoms with Gasteiger partial charge in [-0.2, -0.15) is 18.2 Å². The van der Waals surface area contributed by atoms with Gasteiger partial charge in [0.05, 0.1) is 5.69 Å². The molecule has 0 aliphatic heterocycles. The zero-order valence-electron chi connectivity index (χ0n) is 8.41. The summed E-state index contributed by atoms with van der Waals surface area (Å²) < 4.78 is 35.7. The number of hydrogen-bond acceptors (Lipinski definition) is 3. The molecule has 0 aliphatic carbocycles. The van der Waals surface area contributed by atoms with Gasteiger partial charge in [-0.1, -0.05) is 18.2 Å². The van der Waals surface area contributed by atoms with Crippen LogP contribution >= 0.6 is 0 Å². The monoisotopic (exact) mass is 244 g/mol. The van der Waals surface area contributed by atoms with Gasteiger partial charge >= 0.3 is 12.1 Å². The fourth-order valence-corrected chi connectivity index (χ4v) is 1.09. The Labute approximate surface area is 94.2 Å². The number of alkyl halides is 3. The van der Waals surface area contributed by atoms with Gasteiger partial charge in [0, 0.05) is 6.54 Å². The number of carbonyl (C=O) groups is 1. The van der Waals surface area contributed by atoms with E-state index in [2.05, 4.69) is 4.99 Å². The van der Waals surface area contributed by atoms with Gasteiger partial charge < -0.3 is 5.32 Å². The Morgan fingerprint density at radius 2 is 2.00 bits per heavy atom. The maximum Gasteiger partial charge on any atom is 0.471 e. The molecular formula is C10H7F3N2O2. The number of nitrogens with one attached hydrogen (secondary N) is 1. The second-order valence-corrected chi connectivity index (χ2v) is 3.01. The highest BCUT2D eigenvalue weighted by Gasteiger charge is 2.38. The van der Waals surface area contributed by atoms with Crippen LogP contribution in [0.3, 0.4) is 0 Å². The number of hydrogen-bond donors (Lipinski definition) is 1. The van der Waals surface area contributed by atoms with Gasteiger partial charge in [-0.25, -0.2) is 4.79 Å². The van der Waals surface area contributed by atoms with Crippen molar-refractivity contribution in [2.45, 2.75) is 12.7 Å². The van der Waals surface area contributed by atoms with Gasteiger partial charge in [0.25, 0.3) is 0 Å². The fourth-order valence-electron chi connectivity index (χ4n) is 1.09. The standard InChI is InChI=1S/C10H7F3N2O2/c11-10(12,13)9(17)14-5-7-3-1-2-4-8(7)15-6-16/h1-4H,5H2,(H,14,17). The van der Waals surface area contributed by atoms with Crippen LogP contribution in [-0.2, 0) is 16.1 Å². The summed E-state index contributed by atoms with van der Waals surface area (Å²) in [5, 5.41) is 1.68. The van der Waals surface area contributed by atoms with Crippen LogP contribution in [0.5, 0.6) is 0 Å². The summed E-state index contributed by atoms with van der Waals surface area (Å²) in [7, 11) is 0. The minimum Gasteiger partial charge on any atom is -0.344 e. The zero-order valence-corrected chi connectivity index (χ0v) is 8.41. The number of benzene rings is 1. The van der Waals surface area contributed by atoms with E-state index in [1.54, 1.807) is 17.4 Å². The molecule has 0 radical (unpaired) electrons. The third-order valence-corrected chi connectivity index (χ3v) is 1.85. The maximum atomic E-state index is 11.9. The van der Waals surface area contributed by atoms with Crippen molar-refractivity contribution >= 4 is 17.7 Å². The summed E-state index contributed by atoms with van der Waals surface area (Å²) in [5.41, 5.74) is 0.471. The predicted molar refractivity (Wildman–Crippen MR) is 52.1 cm³/mol. The number of nitrogens with zero attached hydrogens (tertiary/aromatic N) is 1. The van der Waals surface area contributed by atoms with Crippen molar-refractivity contribution in [1.82, 2.24) is 5.32 Å². The Hall–Kier alpha value is -2.14. The number of aliphatic imine (C=N–C) groups is 1. The van der Waals surface area contributed by atoms with Crippen LogP contribution < -0.4 is 5.32 Å². The first-order chi connectivity index (χ1) is 7.95. The Kier molecular flexibility index (Phi) is 4.01. The second-order valence-electron chi connectivity index (χ2n) is 3.01. The molecule has 1 aromatic rings. The van der Waals surface area contributed by atoms with Gasteiger partial charge in [-0.05, 0) is 11.6 Å². The molecule has 7 heteroatoms. The van der Waals surface area contributed by atoms with Crippen molar-refractivity contribution in [1.29, 1.82) is 0 Å². The molecule has 0 heterocycles. The van der Waals surface area contributed by atoms with E-state index in [9.17, 15) is 22.8 Å². The summed E-state index contributed by atoms with van der Waals surface area (Å²) >= 11 is 0. The summed E-state index contributed by atoms with van der Waals surface area (Å²) in [4.78, 5) is 23.9. The first kappa shape index (κ1) is 12.9. The number of rotatable bonds is 3. The zero-order chi connectivity index (χ0) is 12.9. The van der Waals surface area contributed by atoms with Crippen LogP contribution in [0.15, 0.2) is 29.3 Å². The van der Waals surface area contributed by atoms with Crippen LogP contribution in [0.4, 0.5) is 18.9 Å². The summed E-state index contributed by atoms with van der Waals surface area (Å²) in [5.74, 6) is -2.04. The molecule has 0 spiro atoms. The molecule has 4 nitrogen and oxygen atoms in total. The lowest BCUT2D eigenvalue weighted by Crippen LogP contribution is -2.36. The van der Waals surface area contributed by atoms with E-state index < -0.39 is 12.1 Å². The Morgan fingerprint density at radius 1 is 1.35 bits per heavy atom. The molecule has 0 aliphatic rings. The molecular weight excluding hydrogens is 237 g/mol. The Balaban J connectivity index is 2.76. The van der Waals surface area contributed by atoms with Crippen molar-refractivity contribution in [3.05, 3.63) is 29.8 Å². The SMILES string of the molecule is O=C=Nc1ccccc1CNC(=O)C(F)(F)F. The Bertz CT molecular complexity index is 465. The van der Waals surface area contributed by atoms with E-state index >= 15 is 0 Å². The van der Waals surface area contributed by atoms with Gasteiger partial charge in [0.15, 0.2) is 0 Å². The van der Waals surface area contributed by atoms with E-state index in [1.807, 2.05) is 0 Å². The van der Waals surface area contributed by atoms with Gasteiger partial charge in [-0.3, -0.25) is 4.79 Å². The Morgan fingerprint density at radius 3 is 2.59 bits per heavy atom. The van der Waals surface area contributed by atoms with Gasteiger partial charge in [0.2, 0.25) is 6.08 Å². The molecule has 1 aromatic carbocycles. The minimum atomic E-state index is -4.93. The van der Waals surface area contributed by atoms with E-state index in [1.165, 1.54) is 18.2 Å². The molecule has 1 amide bonds. The van der Waals surface area contributed by atoms with Gasteiger partial charge in [0.1, 0.15) is 0 Å². The molecule has 0 unspecified atom stereocenters. The normalized spacial score (nSPS) is 10.5. The molecule has 90 valence electrons. The average molecular weight is 244 g/mol. The van der Waals surface area contributed by atoms with E-state index in [-0.39, 0.29) is 12.2 Å². The molecule has 0 atom stereocenters. The summed E-state index contributed by atoms with van der Waals surface area (Å²) in [6.07, 6.45) is -3.65. The molecule has 1 rings (SSSR count). The molecule has 0 bridgehead atoms. The molecule has 17 heavy (non-hydrogen) atoms. The fraction of sp³-hybridized carbons (Fsp3) is 0.200. The topological polar surface area (TPSA) is 58.5 Å². The summed E-state index contributed by atoms with van der Waals surface area (Å²) in [6, 6.07) is 6.00. The van der Waals surface area contributed by atoms with Crippen molar-refractivity contribution in [2.75, 3.05) is 0 Å². The predicted octanol–water partition coefficient (Wildman–Crippen LogP) is 1.83. The highest BCUT2D eigenvalue weighted by atomic mass is 19.4. The maximum absolute atomic E-state index is 11.9. The van der Waals surface area contributed by atoms with Crippen LogP contribution in [0.2, 0.25) is 0 Å². The average Bonchev–Trinajstić information content (AvgIpc) is 2.26. The molecule has 0 saturated heterocycles. The molecule has 0 saturated carbocycles. The van der Waals surface area contributed by atoms with E-state index in [4.69, 9.17) is 0 Å². The van der Waals surface area contributed by atoms with Gasteiger partial charge in [-0.15, -0.1) is 0 Å². The van der Waals surface area contributed by atoms with Crippen molar-refractivity contribution in [3.63, 3.8) is 0 Å². The third kappa shape index (κ3) is 3.73. The number of carbonyl (C=O) groups excluding carboxylic acids is 2. The van der Waals surface area contributed by atoms with Crippen molar-refractivity contribution < 1.29 is 22.8 Å². The van der Waals surface area contributed by atoms with Crippen LogP contribution in [0.25, 0.3) is 0 Å². The van der Waals surface area contributed by atoms with Crippen molar-refractivity contribution in [3.8, 4) is 0 Å². The second kappa shape index (κ2) is 5.27. The summed E-state index contributed by atoms with van der Waals surface area (Å²) in [6.45, 7) is -0.361. The quantitative estimate of drug-likeness (QED) is 0.651. The molecule has 0 fully saturated rings. The highest BCUT2D eigenvalue weighted by Crippen LogP contribution is 2.19. The van der Waals surface area contributed by atoms with Crippen LogP contribution in [0, 0.1) is 0 Å². The van der Waals surface area contributed by atoms with E-state index in [0.717, 1.165) is 0 Å². The van der Waals surface area contributed by atoms with Crippen molar-refractivity contribution in [2.24, 2.45) is 4.99 Å². The number of halogens is 3. The number of para-hydroxylation sites is 1. The highest BCUT2D eigenvalue weighted by molar-refractivity contribution is 5.81. The lowest BCUT2D eigenvalue weighted by molar-refractivity contribution is -0.173. The first-order valence-electron chi connectivity index (χ1n) is 4.46. The number of isocyanates is 1.